The minimum Gasteiger partial charge on any atom is -0.481 e. The third-order valence-electron chi connectivity index (χ3n) is 2.62. The summed E-state index contributed by atoms with van der Waals surface area (Å²) in [7, 11) is 0. The first-order valence-electron chi connectivity index (χ1n) is 4.41. The van der Waals surface area contributed by atoms with Gasteiger partial charge in [-0.05, 0) is 49.6 Å². The van der Waals surface area contributed by atoms with Crippen LogP contribution in [0.2, 0.25) is 0 Å². The summed E-state index contributed by atoms with van der Waals surface area (Å²) in [6.07, 6.45) is 0. The number of benzene rings is 1. The zero-order valence-electron chi connectivity index (χ0n) is 7.75. The fourth-order valence-electron chi connectivity index (χ4n) is 1.75. The monoisotopic (exact) mass is 386 g/mol. The van der Waals surface area contributed by atoms with E-state index in [4.69, 9.17) is 28.3 Å². The SMILES string of the molecule is O=C(O)[C@@H]1[C@@H](c2ccc(Br)c(Br)c2)C1(Cl)Cl. The number of carboxylic acid groups (broad SMARTS) is 1. The van der Waals surface area contributed by atoms with Gasteiger partial charge < -0.3 is 5.11 Å². The van der Waals surface area contributed by atoms with E-state index in [1.165, 1.54) is 0 Å². The predicted molar refractivity (Wildman–Crippen MR) is 70.1 cm³/mol. The molecule has 0 radical (unpaired) electrons. The first-order chi connectivity index (χ1) is 7.35. The highest BCUT2D eigenvalue weighted by molar-refractivity contribution is 9.13. The van der Waals surface area contributed by atoms with E-state index in [1.54, 1.807) is 0 Å². The van der Waals surface area contributed by atoms with Gasteiger partial charge in [-0.25, -0.2) is 0 Å². The summed E-state index contributed by atoms with van der Waals surface area (Å²) in [5.74, 6) is -2.05. The molecule has 0 aromatic heterocycles. The van der Waals surface area contributed by atoms with Gasteiger partial charge in [-0.3, -0.25) is 4.79 Å². The number of hydrogen-bond donors (Lipinski definition) is 1. The van der Waals surface area contributed by atoms with Crippen molar-refractivity contribution in [2.75, 3.05) is 0 Å². The lowest BCUT2D eigenvalue weighted by Gasteiger charge is -2.02. The van der Waals surface area contributed by atoms with Gasteiger partial charge in [-0.2, -0.15) is 0 Å². The van der Waals surface area contributed by atoms with E-state index in [-0.39, 0.29) is 5.92 Å². The van der Waals surface area contributed by atoms with Crippen molar-refractivity contribution in [3.05, 3.63) is 32.7 Å². The van der Waals surface area contributed by atoms with Gasteiger partial charge in [0.2, 0.25) is 0 Å². The third kappa shape index (κ3) is 2.01. The highest BCUT2D eigenvalue weighted by Gasteiger charge is 2.68. The molecule has 0 bridgehead atoms. The molecule has 6 heteroatoms. The Labute approximate surface area is 119 Å². The molecule has 2 atom stereocenters. The molecule has 0 aliphatic heterocycles. The van der Waals surface area contributed by atoms with Crippen molar-refractivity contribution in [2.24, 2.45) is 5.92 Å². The molecule has 2 rings (SSSR count). The van der Waals surface area contributed by atoms with Crippen LogP contribution in [0.3, 0.4) is 0 Å². The van der Waals surface area contributed by atoms with Gasteiger partial charge in [-0.1, -0.05) is 29.3 Å². The average Bonchev–Trinajstić information content (AvgIpc) is 2.74. The van der Waals surface area contributed by atoms with Crippen LogP contribution in [0.15, 0.2) is 27.1 Å². The molecule has 1 aliphatic rings. The summed E-state index contributed by atoms with van der Waals surface area (Å²) in [4.78, 5) is 10.9. The molecule has 1 saturated carbocycles. The molecule has 1 fully saturated rings. The Bertz CT molecular complexity index is 462. The van der Waals surface area contributed by atoms with Crippen LogP contribution >= 0.6 is 55.1 Å². The van der Waals surface area contributed by atoms with Gasteiger partial charge in [0, 0.05) is 14.9 Å². The molecule has 16 heavy (non-hydrogen) atoms. The van der Waals surface area contributed by atoms with Crippen molar-refractivity contribution in [1.29, 1.82) is 0 Å². The molecule has 1 aliphatic carbocycles. The number of carbonyl (C=O) groups is 1. The van der Waals surface area contributed by atoms with Crippen molar-refractivity contribution in [2.45, 2.75) is 10.3 Å². The minimum absolute atomic E-state index is 0.349. The average molecular weight is 389 g/mol. The van der Waals surface area contributed by atoms with E-state index < -0.39 is 16.2 Å². The Hall–Kier alpha value is 0.230. The first-order valence-corrected chi connectivity index (χ1v) is 6.75. The van der Waals surface area contributed by atoms with Gasteiger partial charge in [0.05, 0.1) is 5.92 Å². The lowest BCUT2D eigenvalue weighted by atomic mass is 10.1. The van der Waals surface area contributed by atoms with Crippen LogP contribution in [0, 0.1) is 5.92 Å². The molecule has 0 heterocycles. The zero-order chi connectivity index (χ0) is 12.1. The molecule has 1 aromatic carbocycles. The normalized spacial score (nSPS) is 26.5. The summed E-state index contributed by atoms with van der Waals surface area (Å²) < 4.78 is 0.558. The summed E-state index contributed by atoms with van der Waals surface area (Å²) in [6.45, 7) is 0. The first kappa shape index (κ1) is 12.7. The van der Waals surface area contributed by atoms with Crippen molar-refractivity contribution in [1.82, 2.24) is 0 Å². The van der Waals surface area contributed by atoms with E-state index in [2.05, 4.69) is 31.9 Å². The molecule has 0 spiro atoms. The van der Waals surface area contributed by atoms with E-state index in [1.807, 2.05) is 18.2 Å². The second kappa shape index (κ2) is 4.16. The highest BCUT2D eigenvalue weighted by Crippen LogP contribution is 2.65. The summed E-state index contributed by atoms with van der Waals surface area (Å²) in [6, 6.07) is 5.49. The minimum atomic E-state index is -1.20. The maximum atomic E-state index is 10.9. The lowest BCUT2D eigenvalue weighted by molar-refractivity contribution is -0.138. The van der Waals surface area contributed by atoms with Gasteiger partial charge in [0.25, 0.3) is 0 Å². The molecule has 0 saturated heterocycles. The van der Waals surface area contributed by atoms with Crippen molar-refractivity contribution in [3.63, 3.8) is 0 Å². The Morgan fingerprint density at radius 1 is 1.31 bits per heavy atom. The number of rotatable bonds is 2. The largest absolute Gasteiger partial charge is 0.481 e. The Balaban J connectivity index is 2.33. The maximum absolute atomic E-state index is 10.9. The van der Waals surface area contributed by atoms with Crippen molar-refractivity contribution < 1.29 is 9.90 Å². The quantitative estimate of drug-likeness (QED) is 0.771. The van der Waals surface area contributed by atoms with Gasteiger partial charge >= 0.3 is 5.97 Å². The zero-order valence-corrected chi connectivity index (χ0v) is 12.4. The van der Waals surface area contributed by atoms with Crippen molar-refractivity contribution in [3.8, 4) is 0 Å². The third-order valence-corrected chi connectivity index (χ3v) is 5.44. The van der Waals surface area contributed by atoms with Gasteiger partial charge in [-0.15, -0.1) is 0 Å². The summed E-state index contributed by atoms with van der Waals surface area (Å²) in [5.41, 5.74) is 0.826. The molecule has 1 aromatic rings. The number of halogens is 4. The topological polar surface area (TPSA) is 37.3 Å². The van der Waals surface area contributed by atoms with E-state index in [9.17, 15) is 4.79 Å². The Morgan fingerprint density at radius 3 is 2.38 bits per heavy atom. The van der Waals surface area contributed by atoms with Gasteiger partial charge in [0.15, 0.2) is 0 Å². The molecule has 0 unspecified atom stereocenters. The molecule has 1 N–H and O–H groups in total. The second-order valence-electron chi connectivity index (χ2n) is 3.64. The predicted octanol–water partition coefficient (Wildman–Crippen LogP) is 4.18. The lowest BCUT2D eigenvalue weighted by Crippen LogP contribution is -2.03. The molecular weight excluding hydrogens is 383 g/mol. The Kier molecular flexibility index (Phi) is 3.30. The molecule has 86 valence electrons. The fourth-order valence-corrected chi connectivity index (χ4v) is 3.21. The maximum Gasteiger partial charge on any atom is 0.310 e. The molecule has 0 amide bonds. The standard InChI is InChI=1S/C10H6Br2Cl2O2/c11-5-2-1-4(3-6(5)12)7-8(9(15)16)10(7,13)14/h1-3,7-8H,(H,15,16)/t7-,8+/m1/s1. The highest BCUT2D eigenvalue weighted by atomic mass is 79.9. The Morgan fingerprint density at radius 2 is 1.94 bits per heavy atom. The molecule has 2 nitrogen and oxygen atoms in total. The van der Waals surface area contributed by atoms with Crippen LogP contribution in [0.5, 0.6) is 0 Å². The summed E-state index contributed by atoms with van der Waals surface area (Å²) in [5, 5.41) is 8.95. The molecular formula is C10H6Br2Cl2O2. The van der Waals surface area contributed by atoms with E-state index in [0.29, 0.717) is 0 Å². The van der Waals surface area contributed by atoms with Gasteiger partial charge in [0.1, 0.15) is 4.33 Å². The number of carboxylic acids is 1. The number of alkyl halides is 2. The van der Waals surface area contributed by atoms with Crippen LogP contribution in [0.25, 0.3) is 0 Å². The number of aliphatic carboxylic acids is 1. The van der Waals surface area contributed by atoms with E-state index in [0.717, 1.165) is 14.5 Å². The smallest absolute Gasteiger partial charge is 0.310 e. The van der Waals surface area contributed by atoms with Crippen LogP contribution in [0.1, 0.15) is 11.5 Å². The van der Waals surface area contributed by atoms with E-state index >= 15 is 0 Å². The van der Waals surface area contributed by atoms with Crippen LogP contribution in [-0.2, 0) is 4.79 Å². The van der Waals surface area contributed by atoms with Crippen LogP contribution < -0.4 is 0 Å². The van der Waals surface area contributed by atoms with Crippen LogP contribution in [0.4, 0.5) is 0 Å². The van der Waals surface area contributed by atoms with Crippen LogP contribution in [-0.4, -0.2) is 15.4 Å². The summed E-state index contributed by atoms with van der Waals surface area (Å²) >= 11 is 18.6. The fraction of sp³-hybridized carbons (Fsp3) is 0.300. The number of hydrogen-bond acceptors (Lipinski definition) is 1. The van der Waals surface area contributed by atoms with Crippen molar-refractivity contribution >= 4 is 61.0 Å². The second-order valence-corrected chi connectivity index (χ2v) is 6.79.